The molecule has 17 heavy (non-hydrogen) atoms. The van der Waals surface area contributed by atoms with Gasteiger partial charge in [0.15, 0.2) is 0 Å². The van der Waals surface area contributed by atoms with Crippen LogP contribution in [0, 0.1) is 0 Å². The normalized spacial score (nSPS) is 21.5. The molecule has 1 N–H and O–H groups in total. The standard InChI is InChI=1S/C14H18O2S/c15-14(9-5-2-6-10-14)11-12-17(16)13-7-3-1-4-8-13/h1,3-4,7-8,11-12,15H,2,5-6,9-10H2/b12-11-. The van der Waals surface area contributed by atoms with E-state index in [4.69, 9.17) is 0 Å². The predicted octanol–water partition coefficient (Wildman–Crippen LogP) is 3.00. The quantitative estimate of drug-likeness (QED) is 0.895. The number of rotatable bonds is 3. The second-order valence-corrected chi connectivity index (χ2v) is 5.92. The molecule has 0 spiro atoms. The zero-order chi connectivity index (χ0) is 12.1. The molecular weight excluding hydrogens is 232 g/mol. The van der Waals surface area contributed by atoms with Crippen molar-refractivity contribution in [3.05, 3.63) is 41.8 Å². The summed E-state index contributed by atoms with van der Waals surface area (Å²) in [4.78, 5) is 0.781. The molecule has 1 aliphatic carbocycles. The van der Waals surface area contributed by atoms with Crippen molar-refractivity contribution in [1.82, 2.24) is 0 Å². The molecule has 2 rings (SSSR count). The molecule has 0 saturated heterocycles. The van der Waals surface area contributed by atoms with E-state index in [2.05, 4.69) is 0 Å². The fourth-order valence-electron chi connectivity index (χ4n) is 2.15. The van der Waals surface area contributed by atoms with Crippen molar-refractivity contribution in [2.45, 2.75) is 42.6 Å². The smallest absolute Gasteiger partial charge is 0.0836 e. The van der Waals surface area contributed by atoms with Gasteiger partial charge in [0.1, 0.15) is 0 Å². The summed E-state index contributed by atoms with van der Waals surface area (Å²) in [6.07, 6.45) is 6.61. The Kier molecular flexibility index (Phi) is 4.13. The van der Waals surface area contributed by atoms with Gasteiger partial charge in [0, 0.05) is 10.3 Å². The van der Waals surface area contributed by atoms with Crippen LogP contribution in [0.25, 0.3) is 0 Å². The van der Waals surface area contributed by atoms with Gasteiger partial charge >= 0.3 is 0 Å². The lowest BCUT2D eigenvalue weighted by Crippen LogP contribution is -2.28. The van der Waals surface area contributed by atoms with Crippen molar-refractivity contribution in [1.29, 1.82) is 0 Å². The zero-order valence-corrected chi connectivity index (χ0v) is 10.7. The third-order valence-electron chi connectivity index (χ3n) is 3.20. The van der Waals surface area contributed by atoms with Crippen LogP contribution in [0.3, 0.4) is 0 Å². The van der Waals surface area contributed by atoms with Crippen LogP contribution >= 0.6 is 0 Å². The molecule has 0 radical (unpaired) electrons. The van der Waals surface area contributed by atoms with Crippen LogP contribution in [0.15, 0.2) is 46.7 Å². The second kappa shape index (κ2) is 5.61. The van der Waals surface area contributed by atoms with E-state index in [1.165, 1.54) is 6.42 Å². The Hall–Kier alpha value is -0.930. The van der Waals surface area contributed by atoms with Gasteiger partial charge in [-0.2, -0.15) is 0 Å². The first-order chi connectivity index (χ1) is 8.20. The van der Waals surface area contributed by atoms with E-state index >= 15 is 0 Å². The van der Waals surface area contributed by atoms with Crippen LogP contribution in [0.5, 0.6) is 0 Å². The highest BCUT2D eigenvalue weighted by molar-refractivity contribution is 7.88. The molecule has 1 unspecified atom stereocenters. The predicted molar refractivity (Wildman–Crippen MR) is 70.0 cm³/mol. The van der Waals surface area contributed by atoms with Crippen molar-refractivity contribution in [3.8, 4) is 0 Å². The minimum atomic E-state index is -1.15. The summed E-state index contributed by atoms with van der Waals surface area (Å²) in [6, 6.07) is 9.32. The molecule has 0 amide bonds. The topological polar surface area (TPSA) is 37.3 Å². The van der Waals surface area contributed by atoms with Crippen molar-refractivity contribution in [2.24, 2.45) is 0 Å². The monoisotopic (exact) mass is 250 g/mol. The largest absolute Gasteiger partial charge is 0.386 e. The highest BCUT2D eigenvalue weighted by Gasteiger charge is 2.26. The molecule has 2 nitrogen and oxygen atoms in total. The maximum Gasteiger partial charge on any atom is 0.0836 e. The number of hydrogen-bond donors (Lipinski definition) is 1. The molecular formula is C14H18O2S. The molecule has 0 aromatic heterocycles. The number of benzene rings is 1. The Balaban J connectivity index is 2.03. The summed E-state index contributed by atoms with van der Waals surface area (Å²) in [7, 11) is -1.15. The lowest BCUT2D eigenvalue weighted by Gasteiger charge is -2.28. The lowest BCUT2D eigenvalue weighted by molar-refractivity contribution is 0.0515. The summed E-state index contributed by atoms with van der Waals surface area (Å²) in [5.74, 6) is 0. The molecule has 0 aliphatic heterocycles. The van der Waals surface area contributed by atoms with Crippen LogP contribution < -0.4 is 0 Å². The van der Waals surface area contributed by atoms with Crippen LogP contribution in [-0.2, 0) is 10.8 Å². The Bertz CT molecular complexity index is 405. The summed E-state index contributed by atoms with van der Waals surface area (Å²) in [5.41, 5.74) is -0.733. The molecule has 1 atom stereocenters. The van der Waals surface area contributed by atoms with Gasteiger partial charge in [0.25, 0.3) is 0 Å². The van der Waals surface area contributed by atoms with Crippen molar-refractivity contribution in [3.63, 3.8) is 0 Å². The minimum absolute atomic E-state index is 0.733. The second-order valence-electron chi connectivity index (χ2n) is 4.58. The first kappa shape index (κ1) is 12.5. The van der Waals surface area contributed by atoms with Crippen LogP contribution in [-0.4, -0.2) is 14.9 Å². The fraction of sp³-hybridized carbons (Fsp3) is 0.429. The van der Waals surface area contributed by atoms with Gasteiger partial charge in [-0.3, -0.25) is 0 Å². The maximum absolute atomic E-state index is 11.9. The SMILES string of the molecule is O=S(/C=C\C1(O)CCCCC1)c1ccccc1. The zero-order valence-electron chi connectivity index (χ0n) is 9.84. The highest BCUT2D eigenvalue weighted by Crippen LogP contribution is 2.29. The van der Waals surface area contributed by atoms with Crippen LogP contribution in [0.2, 0.25) is 0 Å². The summed E-state index contributed by atoms with van der Waals surface area (Å²) in [5, 5.41) is 11.9. The van der Waals surface area contributed by atoms with Gasteiger partial charge in [-0.05, 0) is 31.1 Å². The molecule has 1 aliphatic rings. The van der Waals surface area contributed by atoms with Gasteiger partial charge in [-0.15, -0.1) is 0 Å². The first-order valence-corrected chi connectivity index (χ1v) is 7.28. The third-order valence-corrected chi connectivity index (χ3v) is 4.32. The lowest BCUT2D eigenvalue weighted by atomic mass is 9.85. The Morgan fingerprint density at radius 2 is 1.76 bits per heavy atom. The molecule has 92 valence electrons. The minimum Gasteiger partial charge on any atom is -0.386 e. The van der Waals surface area contributed by atoms with E-state index < -0.39 is 16.4 Å². The van der Waals surface area contributed by atoms with Gasteiger partial charge in [0.05, 0.1) is 16.4 Å². The van der Waals surface area contributed by atoms with E-state index in [1.807, 2.05) is 30.3 Å². The first-order valence-electron chi connectivity index (χ1n) is 6.07. The van der Waals surface area contributed by atoms with Crippen LogP contribution in [0.1, 0.15) is 32.1 Å². The maximum atomic E-state index is 11.9. The van der Waals surface area contributed by atoms with Crippen molar-refractivity contribution >= 4 is 10.8 Å². The average Bonchev–Trinajstić information content (AvgIpc) is 2.38. The molecule has 1 saturated carbocycles. The van der Waals surface area contributed by atoms with E-state index in [0.29, 0.717) is 0 Å². The van der Waals surface area contributed by atoms with E-state index in [1.54, 1.807) is 11.5 Å². The molecule has 3 heteroatoms. The van der Waals surface area contributed by atoms with Gasteiger partial charge in [-0.25, -0.2) is 4.21 Å². The van der Waals surface area contributed by atoms with E-state index in [-0.39, 0.29) is 0 Å². The molecule has 0 bridgehead atoms. The van der Waals surface area contributed by atoms with Crippen molar-refractivity contribution in [2.75, 3.05) is 0 Å². The fourth-order valence-corrected chi connectivity index (χ4v) is 3.11. The summed E-state index contributed by atoms with van der Waals surface area (Å²) >= 11 is 0. The van der Waals surface area contributed by atoms with Gasteiger partial charge in [0.2, 0.25) is 0 Å². The molecule has 0 heterocycles. The third kappa shape index (κ3) is 3.51. The average molecular weight is 250 g/mol. The number of aliphatic hydroxyl groups is 1. The number of hydrogen-bond acceptors (Lipinski definition) is 2. The molecule has 1 fully saturated rings. The Morgan fingerprint density at radius 3 is 2.41 bits per heavy atom. The highest BCUT2D eigenvalue weighted by atomic mass is 32.2. The van der Waals surface area contributed by atoms with Gasteiger partial charge < -0.3 is 5.11 Å². The molecule has 1 aromatic rings. The van der Waals surface area contributed by atoms with E-state index in [0.717, 1.165) is 30.6 Å². The van der Waals surface area contributed by atoms with Crippen LogP contribution in [0.4, 0.5) is 0 Å². The Labute approximate surface area is 105 Å². The molecule has 1 aromatic carbocycles. The van der Waals surface area contributed by atoms with Crippen molar-refractivity contribution < 1.29 is 9.32 Å². The Morgan fingerprint density at radius 1 is 1.12 bits per heavy atom. The summed E-state index contributed by atoms with van der Waals surface area (Å²) in [6.45, 7) is 0. The summed E-state index contributed by atoms with van der Waals surface area (Å²) < 4.78 is 11.9. The van der Waals surface area contributed by atoms with Gasteiger partial charge in [-0.1, -0.05) is 37.5 Å². The van der Waals surface area contributed by atoms with E-state index in [9.17, 15) is 9.32 Å².